The van der Waals surface area contributed by atoms with Gasteiger partial charge in [0.05, 0.1) is 0 Å². The smallest absolute Gasteiger partial charge is 0.250 e. The van der Waals surface area contributed by atoms with Gasteiger partial charge in [-0.25, -0.2) is 0 Å². The Bertz CT molecular complexity index is 401. The molecule has 1 saturated heterocycles. The third kappa shape index (κ3) is 2.21. The molecule has 0 saturated carbocycles. The fraction of sp³-hybridized carbons (Fsp3) is 0.533. The lowest BCUT2D eigenvalue weighted by Crippen LogP contribution is -2.36. The molecule has 1 fully saturated rings. The molecule has 1 heterocycles. The molecule has 0 N–H and O–H groups in total. The number of carbonyl (C=O) groups is 1. The number of piperidine rings is 1. The van der Waals surface area contributed by atoms with Crippen molar-refractivity contribution >= 4 is 5.91 Å². The van der Waals surface area contributed by atoms with E-state index in [1.165, 1.54) is 22.9 Å². The van der Waals surface area contributed by atoms with Crippen LogP contribution in [0.1, 0.15) is 39.5 Å². The molecule has 0 unspecified atom stereocenters. The van der Waals surface area contributed by atoms with E-state index in [1.54, 1.807) is 0 Å². The number of hydrogen-bond acceptors (Lipinski definition) is 1. The van der Waals surface area contributed by atoms with Crippen LogP contribution in [0.3, 0.4) is 0 Å². The van der Waals surface area contributed by atoms with Crippen molar-refractivity contribution in [2.24, 2.45) is 5.92 Å². The highest BCUT2D eigenvalue weighted by molar-refractivity contribution is 5.89. The van der Waals surface area contributed by atoms with E-state index in [1.807, 2.05) is 4.90 Å². The Labute approximate surface area is 104 Å². The predicted molar refractivity (Wildman–Crippen MR) is 70.3 cm³/mol. The van der Waals surface area contributed by atoms with Crippen molar-refractivity contribution in [1.82, 2.24) is 4.90 Å². The van der Waals surface area contributed by atoms with Gasteiger partial charge in [-0.15, -0.1) is 0 Å². The number of fused-ring (bicyclic) bond motifs is 1. The van der Waals surface area contributed by atoms with Crippen LogP contribution >= 0.6 is 0 Å². The van der Waals surface area contributed by atoms with Gasteiger partial charge in [-0.05, 0) is 48.8 Å². The van der Waals surface area contributed by atoms with Crippen LogP contribution in [0.15, 0.2) is 35.6 Å². The molecule has 2 heteroatoms. The highest BCUT2D eigenvalue weighted by Crippen LogP contribution is 2.37. The van der Waals surface area contributed by atoms with Crippen LogP contribution in [-0.4, -0.2) is 17.4 Å². The van der Waals surface area contributed by atoms with Crippen LogP contribution in [0.2, 0.25) is 0 Å². The van der Waals surface area contributed by atoms with E-state index in [2.05, 4.69) is 26.5 Å². The minimum absolute atomic E-state index is 0.0469. The zero-order valence-electron chi connectivity index (χ0n) is 10.8. The molecular weight excluding hydrogens is 210 g/mol. The highest BCUT2D eigenvalue weighted by atomic mass is 16.2. The minimum Gasteiger partial charge on any atom is -0.309 e. The van der Waals surface area contributed by atoms with Gasteiger partial charge < -0.3 is 4.90 Å². The number of nitrogens with zero attached hydrogens (tertiary/aromatic N) is 1. The number of allylic oxidation sites excluding steroid dienone is 3. The van der Waals surface area contributed by atoms with Crippen molar-refractivity contribution in [3.63, 3.8) is 0 Å². The molecule has 2 nitrogen and oxygen atoms in total. The SMILES string of the molecule is C=CC(=O)N1CCCC2=CCCC(C(C)C)=C21. The van der Waals surface area contributed by atoms with E-state index in [0.29, 0.717) is 5.92 Å². The minimum atomic E-state index is 0.0469. The second-order valence-electron chi connectivity index (χ2n) is 5.09. The molecule has 2 aliphatic rings. The topological polar surface area (TPSA) is 20.3 Å². The van der Waals surface area contributed by atoms with E-state index in [9.17, 15) is 4.79 Å². The molecule has 17 heavy (non-hydrogen) atoms. The summed E-state index contributed by atoms with van der Waals surface area (Å²) >= 11 is 0. The number of hydrogen-bond donors (Lipinski definition) is 0. The molecule has 1 aliphatic heterocycles. The van der Waals surface area contributed by atoms with Gasteiger partial charge in [-0.1, -0.05) is 26.5 Å². The lowest BCUT2D eigenvalue weighted by molar-refractivity contribution is -0.124. The van der Waals surface area contributed by atoms with Gasteiger partial charge in [-0.3, -0.25) is 4.79 Å². The van der Waals surface area contributed by atoms with Crippen molar-refractivity contribution in [2.45, 2.75) is 39.5 Å². The molecule has 1 amide bonds. The predicted octanol–water partition coefficient (Wildman–Crippen LogP) is 3.43. The molecule has 92 valence electrons. The van der Waals surface area contributed by atoms with Crippen molar-refractivity contribution in [1.29, 1.82) is 0 Å². The van der Waals surface area contributed by atoms with Crippen LogP contribution < -0.4 is 0 Å². The summed E-state index contributed by atoms with van der Waals surface area (Å²) in [6, 6.07) is 0. The second-order valence-corrected chi connectivity index (χ2v) is 5.09. The first-order valence-corrected chi connectivity index (χ1v) is 6.51. The Morgan fingerprint density at radius 3 is 2.88 bits per heavy atom. The van der Waals surface area contributed by atoms with Gasteiger partial charge in [0.1, 0.15) is 0 Å². The summed E-state index contributed by atoms with van der Waals surface area (Å²) in [5, 5.41) is 0. The Kier molecular flexibility index (Phi) is 3.51. The first-order valence-electron chi connectivity index (χ1n) is 6.51. The van der Waals surface area contributed by atoms with Gasteiger partial charge in [0.2, 0.25) is 5.91 Å². The standard InChI is InChI=1S/C15H21NO/c1-4-14(17)16-10-6-8-12-7-5-9-13(11(2)3)15(12)16/h4,7,11H,1,5-6,8-10H2,2-3H3. The van der Waals surface area contributed by atoms with Gasteiger partial charge in [0.25, 0.3) is 0 Å². The molecule has 0 radical (unpaired) electrons. The van der Waals surface area contributed by atoms with Crippen LogP contribution in [0.25, 0.3) is 0 Å². The van der Waals surface area contributed by atoms with Gasteiger partial charge in [0.15, 0.2) is 0 Å². The maximum absolute atomic E-state index is 11.9. The molecule has 0 bridgehead atoms. The molecule has 0 aromatic heterocycles. The summed E-state index contributed by atoms with van der Waals surface area (Å²) in [5.41, 5.74) is 4.03. The molecule has 0 aromatic carbocycles. The summed E-state index contributed by atoms with van der Waals surface area (Å²) in [5.74, 6) is 0.567. The average Bonchev–Trinajstić information content (AvgIpc) is 2.36. The lowest BCUT2D eigenvalue weighted by atomic mass is 9.84. The monoisotopic (exact) mass is 231 g/mol. The number of likely N-dealkylation sites (tertiary alicyclic amines) is 1. The highest BCUT2D eigenvalue weighted by Gasteiger charge is 2.28. The normalized spacial score (nSPS) is 20.2. The number of carbonyl (C=O) groups excluding carboxylic acids is 1. The summed E-state index contributed by atoms with van der Waals surface area (Å²) in [6.45, 7) is 8.89. The lowest BCUT2D eigenvalue weighted by Gasteiger charge is -2.36. The fourth-order valence-corrected chi connectivity index (χ4v) is 2.82. The molecule has 2 rings (SSSR count). The summed E-state index contributed by atoms with van der Waals surface area (Å²) in [6.07, 6.45) is 8.15. The molecule has 0 atom stereocenters. The summed E-state index contributed by atoms with van der Waals surface area (Å²) < 4.78 is 0. The van der Waals surface area contributed by atoms with E-state index in [-0.39, 0.29) is 5.91 Å². The van der Waals surface area contributed by atoms with E-state index < -0.39 is 0 Å². The fourth-order valence-electron chi connectivity index (χ4n) is 2.82. The second kappa shape index (κ2) is 4.91. The van der Waals surface area contributed by atoms with Crippen LogP contribution in [-0.2, 0) is 4.79 Å². The van der Waals surface area contributed by atoms with Crippen molar-refractivity contribution < 1.29 is 4.79 Å². The average molecular weight is 231 g/mol. The first kappa shape index (κ1) is 12.2. The quantitative estimate of drug-likeness (QED) is 0.667. The zero-order chi connectivity index (χ0) is 12.4. The molecule has 0 spiro atoms. The summed E-state index contributed by atoms with van der Waals surface area (Å²) in [4.78, 5) is 13.9. The molecule has 0 aromatic rings. The van der Waals surface area contributed by atoms with E-state index in [0.717, 1.165) is 32.2 Å². The van der Waals surface area contributed by atoms with E-state index in [4.69, 9.17) is 0 Å². The van der Waals surface area contributed by atoms with E-state index >= 15 is 0 Å². The van der Waals surface area contributed by atoms with Crippen LogP contribution in [0, 0.1) is 5.92 Å². The Balaban J connectivity index is 2.44. The van der Waals surface area contributed by atoms with Gasteiger partial charge in [0, 0.05) is 12.2 Å². The Morgan fingerprint density at radius 2 is 2.24 bits per heavy atom. The molecule has 1 aliphatic carbocycles. The third-order valence-corrected chi connectivity index (χ3v) is 3.65. The Hall–Kier alpha value is -1.31. The third-order valence-electron chi connectivity index (χ3n) is 3.65. The van der Waals surface area contributed by atoms with Crippen molar-refractivity contribution in [3.05, 3.63) is 35.6 Å². The van der Waals surface area contributed by atoms with Gasteiger partial charge >= 0.3 is 0 Å². The number of amides is 1. The Morgan fingerprint density at radius 1 is 1.47 bits per heavy atom. The summed E-state index contributed by atoms with van der Waals surface area (Å²) in [7, 11) is 0. The van der Waals surface area contributed by atoms with Crippen LogP contribution in [0.4, 0.5) is 0 Å². The number of rotatable bonds is 2. The zero-order valence-corrected chi connectivity index (χ0v) is 10.8. The van der Waals surface area contributed by atoms with Crippen molar-refractivity contribution in [3.8, 4) is 0 Å². The largest absolute Gasteiger partial charge is 0.309 e. The molecular formula is C15H21NO. The van der Waals surface area contributed by atoms with Crippen molar-refractivity contribution in [2.75, 3.05) is 6.54 Å². The van der Waals surface area contributed by atoms with Gasteiger partial charge in [-0.2, -0.15) is 0 Å². The first-order chi connectivity index (χ1) is 8.15. The maximum atomic E-state index is 11.9. The maximum Gasteiger partial charge on any atom is 0.250 e. The van der Waals surface area contributed by atoms with Crippen LogP contribution in [0.5, 0.6) is 0 Å².